The van der Waals surface area contributed by atoms with E-state index in [-0.39, 0.29) is 43.0 Å². The first-order valence-corrected chi connectivity index (χ1v) is 12.0. The zero-order valence-electron chi connectivity index (χ0n) is 18.8. The third kappa shape index (κ3) is 5.95. The molecule has 11 nitrogen and oxygen atoms in total. The van der Waals surface area contributed by atoms with E-state index in [1.165, 1.54) is 36.7 Å². The standard InChI is InChI=1S/C22H24N2O9S/c1-30-21(26)14-9-15(22(27)31-2)11-16(10-14)23-20(25)5-4-8-24(34(3,28)29)17-6-7-18-19(12-17)33-13-32-18/h6-7,9-12H,4-5,8,13H2,1-3H3,(H,23,25). The van der Waals surface area contributed by atoms with Gasteiger partial charge in [0.05, 0.1) is 37.3 Å². The average Bonchev–Trinajstić information content (AvgIpc) is 3.27. The summed E-state index contributed by atoms with van der Waals surface area (Å²) >= 11 is 0. The predicted octanol–water partition coefficient (Wildman–Crippen LogP) is 2.17. The number of sulfonamides is 1. The minimum Gasteiger partial charge on any atom is -0.465 e. The van der Waals surface area contributed by atoms with Crippen LogP contribution < -0.4 is 19.1 Å². The van der Waals surface area contributed by atoms with Crippen LogP contribution in [0.2, 0.25) is 0 Å². The Kier molecular flexibility index (Phi) is 7.61. The number of amides is 1. The summed E-state index contributed by atoms with van der Waals surface area (Å²) in [6.07, 6.45) is 1.25. The summed E-state index contributed by atoms with van der Waals surface area (Å²) in [5, 5.41) is 2.61. The molecule has 0 saturated heterocycles. The number of ether oxygens (including phenoxy) is 4. The van der Waals surface area contributed by atoms with Gasteiger partial charge in [-0.3, -0.25) is 9.10 Å². The molecule has 0 unspecified atom stereocenters. The number of nitrogens with zero attached hydrogens (tertiary/aromatic N) is 1. The van der Waals surface area contributed by atoms with Crippen molar-refractivity contribution in [1.29, 1.82) is 0 Å². The Morgan fingerprint density at radius 1 is 0.971 bits per heavy atom. The second-order valence-electron chi connectivity index (χ2n) is 7.31. The monoisotopic (exact) mass is 492 g/mol. The van der Waals surface area contributed by atoms with Gasteiger partial charge in [-0.1, -0.05) is 0 Å². The van der Waals surface area contributed by atoms with Crippen LogP contribution >= 0.6 is 0 Å². The molecule has 1 amide bonds. The fraction of sp³-hybridized carbons (Fsp3) is 0.318. The second kappa shape index (κ2) is 10.4. The molecular weight excluding hydrogens is 468 g/mol. The van der Waals surface area contributed by atoms with Crippen LogP contribution in [0, 0.1) is 0 Å². The number of anilines is 2. The molecule has 0 fully saturated rings. The smallest absolute Gasteiger partial charge is 0.337 e. The molecule has 0 aliphatic carbocycles. The highest BCUT2D eigenvalue weighted by atomic mass is 32.2. The number of methoxy groups -OCH3 is 2. The van der Waals surface area contributed by atoms with Crippen molar-refractivity contribution in [2.45, 2.75) is 12.8 Å². The molecule has 1 aliphatic heterocycles. The maximum atomic E-state index is 12.5. The number of fused-ring (bicyclic) bond motifs is 1. The SMILES string of the molecule is COC(=O)c1cc(NC(=O)CCCN(c2ccc3c(c2)OCO3)S(C)(=O)=O)cc(C(=O)OC)c1. The number of esters is 2. The summed E-state index contributed by atoms with van der Waals surface area (Å²) in [6.45, 7) is 0.105. The van der Waals surface area contributed by atoms with E-state index in [0.717, 1.165) is 6.26 Å². The lowest BCUT2D eigenvalue weighted by Gasteiger charge is -2.22. The minimum atomic E-state index is -3.63. The molecule has 1 heterocycles. The highest BCUT2D eigenvalue weighted by Gasteiger charge is 2.22. The van der Waals surface area contributed by atoms with Crippen LogP contribution in [0.3, 0.4) is 0 Å². The maximum absolute atomic E-state index is 12.5. The normalized spacial score (nSPS) is 12.1. The van der Waals surface area contributed by atoms with E-state index in [1.807, 2.05) is 0 Å². The zero-order valence-corrected chi connectivity index (χ0v) is 19.6. The van der Waals surface area contributed by atoms with Gasteiger partial charge in [0.1, 0.15) is 0 Å². The molecule has 2 aromatic rings. The molecule has 34 heavy (non-hydrogen) atoms. The van der Waals surface area contributed by atoms with Gasteiger partial charge in [-0.15, -0.1) is 0 Å². The molecular formula is C22H24N2O9S. The topological polar surface area (TPSA) is 138 Å². The third-order valence-electron chi connectivity index (χ3n) is 4.87. The Balaban J connectivity index is 1.68. The first-order chi connectivity index (χ1) is 16.1. The Morgan fingerprint density at radius 3 is 2.18 bits per heavy atom. The Bertz CT molecular complexity index is 1180. The average molecular weight is 493 g/mol. The van der Waals surface area contributed by atoms with E-state index in [2.05, 4.69) is 14.8 Å². The molecule has 3 rings (SSSR count). The number of nitrogens with one attached hydrogen (secondary N) is 1. The van der Waals surface area contributed by atoms with Crippen molar-refractivity contribution in [1.82, 2.24) is 0 Å². The molecule has 182 valence electrons. The largest absolute Gasteiger partial charge is 0.465 e. The van der Waals surface area contributed by atoms with E-state index in [9.17, 15) is 22.8 Å². The van der Waals surface area contributed by atoms with Gasteiger partial charge < -0.3 is 24.3 Å². The van der Waals surface area contributed by atoms with Crippen molar-refractivity contribution < 1.29 is 41.7 Å². The van der Waals surface area contributed by atoms with E-state index >= 15 is 0 Å². The molecule has 1 aliphatic rings. The van der Waals surface area contributed by atoms with Crippen molar-refractivity contribution in [2.24, 2.45) is 0 Å². The number of benzene rings is 2. The molecule has 0 radical (unpaired) electrons. The molecule has 2 aromatic carbocycles. The quantitative estimate of drug-likeness (QED) is 0.522. The van der Waals surface area contributed by atoms with E-state index in [4.69, 9.17) is 9.47 Å². The van der Waals surface area contributed by atoms with Gasteiger partial charge in [0.25, 0.3) is 0 Å². The third-order valence-corrected chi connectivity index (χ3v) is 6.06. The van der Waals surface area contributed by atoms with Crippen molar-refractivity contribution in [3.63, 3.8) is 0 Å². The zero-order chi connectivity index (χ0) is 24.9. The van der Waals surface area contributed by atoms with Gasteiger partial charge >= 0.3 is 11.9 Å². The lowest BCUT2D eigenvalue weighted by molar-refractivity contribution is -0.116. The van der Waals surface area contributed by atoms with Crippen LogP contribution in [-0.4, -0.2) is 60.1 Å². The summed E-state index contributed by atoms with van der Waals surface area (Å²) in [5.41, 5.74) is 0.711. The molecule has 0 saturated carbocycles. The first kappa shape index (κ1) is 24.8. The van der Waals surface area contributed by atoms with Gasteiger partial charge in [-0.25, -0.2) is 18.0 Å². The van der Waals surface area contributed by atoms with Crippen LogP contribution in [-0.2, 0) is 24.3 Å². The van der Waals surface area contributed by atoms with Crippen molar-refractivity contribution >= 4 is 39.2 Å². The van der Waals surface area contributed by atoms with Gasteiger partial charge in [0, 0.05) is 24.7 Å². The number of hydrogen-bond donors (Lipinski definition) is 1. The van der Waals surface area contributed by atoms with Gasteiger partial charge in [-0.2, -0.15) is 0 Å². The molecule has 1 N–H and O–H groups in total. The lowest BCUT2D eigenvalue weighted by Crippen LogP contribution is -2.31. The Labute approximate surface area is 196 Å². The van der Waals surface area contributed by atoms with E-state index in [0.29, 0.717) is 17.2 Å². The molecule has 0 atom stereocenters. The van der Waals surface area contributed by atoms with Crippen molar-refractivity contribution in [3.05, 3.63) is 47.5 Å². The number of hydrogen-bond acceptors (Lipinski definition) is 9. The minimum absolute atomic E-state index is 0.0212. The van der Waals surface area contributed by atoms with Gasteiger partial charge in [0.15, 0.2) is 11.5 Å². The highest BCUT2D eigenvalue weighted by Crippen LogP contribution is 2.36. The van der Waals surface area contributed by atoms with Crippen molar-refractivity contribution in [2.75, 3.05) is 43.4 Å². The highest BCUT2D eigenvalue weighted by molar-refractivity contribution is 7.92. The molecule has 12 heteroatoms. The van der Waals surface area contributed by atoms with Crippen LogP contribution in [0.1, 0.15) is 33.6 Å². The fourth-order valence-corrected chi connectivity index (χ4v) is 4.26. The second-order valence-corrected chi connectivity index (χ2v) is 9.21. The maximum Gasteiger partial charge on any atom is 0.337 e. The molecule has 0 spiro atoms. The first-order valence-electron chi connectivity index (χ1n) is 10.1. The summed E-state index contributed by atoms with van der Waals surface area (Å²) in [5.74, 6) is -0.840. The van der Waals surface area contributed by atoms with Crippen LogP contribution in [0.25, 0.3) is 0 Å². The molecule has 0 aromatic heterocycles. The van der Waals surface area contributed by atoms with Crippen LogP contribution in [0.5, 0.6) is 11.5 Å². The van der Waals surface area contributed by atoms with E-state index in [1.54, 1.807) is 18.2 Å². The van der Waals surface area contributed by atoms with Gasteiger partial charge in [-0.05, 0) is 36.8 Å². The number of rotatable bonds is 9. The molecule has 0 bridgehead atoms. The fourth-order valence-electron chi connectivity index (χ4n) is 3.30. The Hall–Kier alpha value is -3.80. The lowest BCUT2D eigenvalue weighted by atomic mass is 10.1. The Morgan fingerprint density at radius 2 is 1.59 bits per heavy atom. The number of carbonyl (C=O) groups is 3. The number of carbonyl (C=O) groups excluding carboxylic acids is 3. The van der Waals surface area contributed by atoms with Crippen LogP contribution in [0.15, 0.2) is 36.4 Å². The van der Waals surface area contributed by atoms with Gasteiger partial charge in [0.2, 0.25) is 22.7 Å². The summed E-state index contributed by atoms with van der Waals surface area (Å²) in [6, 6.07) is 8.81. The predicted molar refractivity (Wildman–Crippen MR) is 122 cm³/mol. The summed E-state index contributed by atoms with van der Waals surface area (Å²) in [4.78, 5) is 36.3. The van der Waals surface area contributed by atoms with Crippen LogP contribution in [0.4, 0.5) is 11.4 Å². The summed E-state index contributed by atoms with van der Waals surface area (Å²) < 4.78 is 45.7. The van der Waals surface area contributed by atoms with E-state index < -0.39 is 27.9 Å². The van der Waals surface area contributed by atoms with Crippen molar-refractivity contribution in [3.8, 4) is 11.5 Å². The summed E-state index contributed by atoms with van der Waals surface area (Å²) in [7, 11) is -1.24.